The molecule has 1 fully saturated rings. The Morgan fingerprint density at radius 1 is 0.690 bits per heavy atom. The summed E-state index contributed by atoms with van der Waals surface area (Å²) in [5.41, 5.74) is 1.12. The first kappa shape index (κ1) is 17.9. The second-order valence-corrected chi connectivity index (χ2v) is 15.1. The molecule has 5 unspecified atom stereocenters. The van der Waals surface area contributed by atoms with Crippen LogP contribution >= 0.6 is 5.51 Å². The minimum atomic E-state index is -1.81. The van der Waals surface area contributed by atoms with E-state index in [0.29, 0.717) is 11.8 Å². The molecule has 3 aromatic rings. The molecule has 142 valence electrons. The first-order chi connectivity index (χ1) is 14.2. The van der Waals surface area contributed by atoms with E-state index in [1.165, 1.54) is 16.4 Å². The SMILES string of the molecule is [Se]=P1(c2ccccc2)C2(c3ccccc3)C=CC1(c1ccccc1)C1CC=CC12. The summed E-state index contributed by atoms with van der Waals surface area (Å²) in [5.74, 6) is 1.13. The van der Waals surface area contributed by atoms with Crippen molar-refractivity contribution >= 4 is 25.9 Å². The number of fused-ring (bicyclic) bond motifs is 5. The van der Waals surface area contributed by atoms with Crippen LogP contribution < -0.4 is 5.30 Å². The summed E-state index contributed by atoms with van der Waals surface area (Å²) in [7, 11) is 0. The summed E-state index contributed by atoms with van der Waals surface area (Å²) < 4.78 is 0. The van der Waals surface area contributed by atoms with Gasteiger partial charge in [0.05, 0.1) is 0 Å². The van der Waals surface area contributed by atoms with E-state index in [4.69, 9.17) is 0 Å². The molecule has 2 heterocycles. The van der Waals surface area contributed by atoms with Gasteiger partial charge in [-0.15, -0.1) is 0 Å². The predicted octanol–water partition coefficient (Wildman–Crippen LogP) is 5.98. The van der Waals surface area contributed by atoms with Crippen LogP contribution in [-0.4, -0.2) is 15.1 Å². The summed E-state index contributed by atoms with van der Waals surface area (Å²) in [6.45, 7) is 0. The van der Waals surface area contributed by atoms with Crippen molar-refractivity contribution < 1.29 is 0 Å². The van der Waals surface area contributed by atoms with Crippen molar-refractivity contribution in [3.63, 3.8) is 0 Å². The first-order valence-corrected chi connectivity index (χ1v) is 14.4. The van der Waals surface area contributed by atoms with Gasteiger partial charge in [0.1, 0.15) is 0 Å². The van der Waals surface area contributed by atoms with Crippen molar-refractivity contribution in [1.29, 1.82) is 0 Å². The Hall–Kier alpha value is -1.91. The molecule has 29 heavy (non-hydrogen) atoms. The van der Waals surface area contributed by atoms with Gasteiger partial charge in [-0.25, -0.2) is 0 Å². The van der Waals surface area contributed by atoms with E-state index >= 15 is 0 Å². The van der Waals surface area contributed by atoms with Crippen LogP contribution in [0.5, 0.6) is 0 Å². The molecule has 0 amide bonds. The second kappa shape index (κ2) is 6.29. The van der Waals surface area contributed by atoms with E-state index in [1.807, 2.05) is 0 Å². The molecular formula is C27H23PSe. The van der Waals surface area contributed by atoms with Gasteiger partial charge in [-0.1, -0.05) is 0 Å². The molecule has 2 aliphatic heterocycles. The maximum absolute atomic E-state index is 3.95. The molecule has 0 spiro atoms. The zero-order chi connectivity index (χ0) is 19.5. The molecule has 3 aliphatic rings. The molecule has 5 atom stereocenters. The Morgan fingerprint density at radius 3 is 1.83 bits per heavy atom. The fraction of sp³-hybridized carbons (Fsp3) is 0.185. The van der Waals surface area contributed by atoms with Crippen LogP contribution in [0.1, 0.15) is 17.5 Å². The van der Waals surface area contributed by atoms with Crippen molar-refractivity contribution in [3.8, 4) is 0 Å². The molecule has 2 heteroatoms. The van der Waals surface area contributed by atoms with Crippen LogP contribution in [0.4, 0.5) is 0 Å². The van der Waals surface area contributed by atoms with E-state index in [0.717, 1.165) is 6.42 Å². The van der Waals surface area contributed by atoms with E-state index in [-0.39, 0.29) is 10.3 Å². The van der Waals surface area contributed by atoms with Gasteiger partial charge < -0.3 is 0 Å². The summed E-state index contributed by atoms with van der Waals surface area (Å²) >= 11 is 3.95. The van der Waals surface area contributed by atoms with Gasteiger partial charge in [0.25, 0.3) is 0 Å². The fourth-order valence-electron chi connectivity index (χ4n) is 6.45. The molecule has 6 rings (SSSR count). The van der Waals surface area contributed by atoms with Gasteiger partial charge >= 0.3 is 181 Å². The zero-order valence-electron chi connectivity index (χ0n) is 16.2. The second-order valence-electron chi connectivity index (χ2n) is 8.46. The van der Waals surface area contributed by atoms with E-state index < -0.39 is 5.51 Å². The van der Waals surface area contributed by atoms with Gasteiger partial charge in [0, 0.05) is 0 Å². The molecule has 0 saturated carbocycles. The summed E-state index contributed by atoms with van der Waals surface area (Å²) in [6, 6.07) is 33.9. The molecule has 0 N–H and O–H groups in total. The van der Waals surface area contributed by atoms with E-state index in [9.17, 15) is 0 Å². The van der Waals surface area contributed by atoms with Gasteiger partial charge in [0.2, 0.25) is 0 Å². The third-order valence-electron chi connectivity index (χ3n) is 7.47. The summed E-state index contributed by atoms with van der Waals surface area (Å²) in [6.07, 6.45) is 11.3. The van der Waals surface area contributed by atoms with Crippen LogP contribution in [0.15, 0.2) is 115 Å². The Labute approximate surface area is 180 Å². The number of rotatable bonds is 3. The average Bonchev–Trinajstić information content (AvgIpc) is 3.44. The predicted molar refractivity (Wildman–Crippen MR) is 125 cm³/mol. The Balaban J connectivity index is 1.75. The van der Waals surface area contributed by atoms with Crippen molar-refractivity contribution in [3.05, 3.63) is 126 Å². The third-order valence-corrected chi connectivity index (χ3v) is 17.2. The van der Waals surface area contributed by atoms with E-state index in [2.05, 4.69) is 130 Å². The normalized spacial score (nSPS) is 36.4. The zero-order valence-corrected chi connectivity index (χ0v) is 18.8. The van der Waals surface area contributed by atoms with Crippen molar-refractivity contribution in [1.82, 2.24) is 0 Å². The quantitative estimate of drug-likeness (QED) is 0.258. The molecule has 0 aromatic heterocycles. The van der Waals surface area contributed by atoms with Crippen LogP contribution in [0.2, 0.25) is 0 Å². The van der Waals surface area contributed by atoms with Crippen molar-refractivity contribution in [2.45, 2.75) is 16.7 Å². The van der Waals surface area contributed by atoms with E-state index in [1.54, 1.807) is 0 Å². The van der Waals surface area contributed by atoms with Crippen molar-refractivity contribution in [2.24, 2.45) is 11.8 Å². The van der Waals surface area contributed by atoms with Crippen LogP contribution in [0.3, 0.4) is 0 Å². The third kappa shape index (κ3) is 2.00. The van der Waals surface area contributed by atoms with Gasteiger partial charge in [-0.2, -0.15) is 0 Å². The Kier molecular flexibility index (Phi) is 3.89. The minimum absolute atomic E-state index is 0.0170. The van der Waals surface area contributed by atoms with Gasteiger partial charge in [0.15, 0.2) is 0 Å². The molecule has 1 saturated heterocycles. The molecule has 1 aliphatic carbocycles. The first-order valence-electron chi connectivity index (χ1n) is 10.4. The molecular weight excluding hydrogens is 434 g/mol. The topological polar surface area (TPSA) is 0 Å². The van der Waals surface area contributed by atoms with Crippen LogP contribution in [0, 0.1) is 11.8 Å². The number of allylic oxidation sites excluding steroid dienone is 4. The van der Waals surface area contributed by atoms with Crippen LogP contribution in [0.25, 0.3) is 0 Å². The average molecular weight is 457 g/mol. The monoisotopic (exact) mass is 458 g/mol. The number of hydrogen-bond acceptors (Lipinski definition) is 0. The number of hydrogen-bond donors (Lipinski definition) is 0. The van der Waals surface area contributed by atoms with Crippen molar-refractivity contribution in [2.75, 3.05) is 0 Å². The standard InChI is InChI=1S/C27H23PSe/c29-28(23-15-8-3-9-16-23)26(21-11-4-1-5-12-21)19-20-27(28,22-13-6-2-7-14-22)25-18-10-17-24(25)26/h1-17,19-20,24-25H,18H2. The Bertz CT molecular complexity index is 1160. The molecule has 0 nitrogen and oxygen atoms in total. The molecule has 3 aromatic carbocycles. The maximum atomic E-state index is 3.95. The molecule has 0 radical (unpaired) electrons. The summed E-state index contributed by atoms with van der Waals surface area (Å²) in [4.78, 5) is 0. The molecule has 2 bridgehead atoms. The van der Waals surface area contributed by atoms with Gasteiger partial charge in [-0.05, 0) is 0 Å². The fourth-order valence-corrected chi connectivity index (χ4v) is 16.0. The Morgan fingerprint density at radius 2 is 1.21 bits per heavy atom. The summed E-state index contributed by atoms with van der Waals surface area (Å²) in [5, 5.41) is 1.56. The number of benzene rings is 3. The van der Waals surface area contributed by atoms with Gasteiger partial charge in [-0.3, -0.25) is 0 Å². The van der Waals surface area contributed by atoms with Crippen LogP contribution in [-0.2, 0) is 10.3 Å².